The second-order valence-corrected chi connectivity index (χ2v) is 9.13. The van der Waals surface area contributed by atoms with Crippen LogP contribution < -0.4 is 18.9 Å². The number of hydrogen-bond donors (Lipinski definition) is 0. The average Bonchev–Trinajstić information content (AvgIpc) is 2.78. The average molecular weight is 442 g/mol. The molecule has 1 aliphatic carbocycles. The Kier molecular flexibility index (Phi) is 7.54. The first kappa shape index (κ1) is 23.8. The summed E-state index contributed by atoms with van der Waals surface area (Å²) < 4.78 is 22.1. The van der Waals surface area contributed by atoms with Crippen LogP contribution in [0, 0.1) is 0 Å². The molecule has 6 nitrogen and oxygen atoms in total. The topological polar surface area (TPSA) is 57.2 Å². The second-order valence-electron chi connectivity index (χ2n) is 9.13. The highest BCUT2D eigenvalue weighted by Crippen LogP contribution is 2.42. The molecule has 0 unspecified atom stereocenters. The molecule has 0 radical (unpaired) electrons. The van der Waals surface area contributed by atoms with E-state index in [-0.39, 0.29) is 11.4 Å². The van der Waals surface area contributed by atoms with Crippen LogP contribution in [-0.4, -0.2) is 43.7 Å². The summed E-state index contributed by atoms with van der Waals surface area (Å²) in [6.45, 7) is 6.34. The van der Waals surface area contributed by atoms with Crippen LogP contribution in [0.15, 0.2) is 36.4 Å². The lowest BCUT2D eigenvalue weighted by Crippen LogP contribution is -2.52. The summed E-state index contributed by atoms with van der Waals surface area (Å²) in [6.07, 6.45) is 5.78. The molecule has 6 heteroatoms. The molecule has 174 valence electrons. The first-order chi connectivity index (χ1) is 15.3. The molecule has 3 rings (SSSR count). The number of nitrogens with zero attached hydrogens (tertiary/aromatic N) is 1. The van der Waals surface area contributed by atoms with E-state index >= 15 is 0 Å². The highest BCUT2D eigenvalue weighted by Gasteiger charge is 2.34. The molecule has 0 N–H and O–H groups in total. The predicted octanol–water partition coefficient (Wildman–Crippen LogP) is 6.08. The monoisotopic (exact) mass is 441 g/mol. The van der Waals surface area contributed by atoms with Gasteiger partial charge in [-0.05, 0) is 57.9 Å². The van der Waals surface area contributed by atoms with Crippen molar-refractivity contribution in [2.45, 2.75) is 64.5 Å². The molecule has 0 aromatic heterocycles. The third-order valence-corrected chi connectivity index (χ3v) is 5.86. The van der Waals surface area contributed by atoms with E-state index in [0.29, 0.717) is 40.4 Å². The minimum Gasteiger partial charge on any atom is -0.493 e. The lowest BCUT2D eigenvalue weighted by molar-refractivity contribution is 0.0367. The largest absolute Gasteiger partial charge is 0.493 e. The Morgan fingerprint density at radius 1 is 0.844 bits per heavy atom. The molecule has 0 aliphatic heterocycles. The van der Waals surface area contributed by atoms with Gasteiger partial charge in [-0.2, -0.15) is 0 Å². The van der Waals surface area contributed by atoms with Gasteiger partial charge in [0.05, 0.1) is 21.3 Å². The van der Waals surface area contributed by atoms with Gasteiger partial charge in [0.2, 0.25) is 5.75 Å². The number of rotatable bonds is 7. The van der Waals surface area contributed by atoms with Crippen LogP contribution in [0.1, 0.15) is 63.2 Å². The van der Waals surface area contributed by atoms with Crippen LogP contribution in [0.25, 0.3) is 0 Å². The standard InChI is InChI=1S/C26H35NO5/c1-26(2,3)27(19-10-8-7-9-11-19)25(28)18-12-14-20(15-13-18)32-21-16-22(29-4)24(31-6)23(17-21)30-5/h12-17,19H,7-11H2,1-6H3. The molecule has 0 atom stereocenters. The Labute approximate surface area is 191 Å². The van der Waals surface area contributed by atoms with Gasteiger partial charge in [-0.15, -0.1) is 0 Å². The summed E-state index contributed by atoms with van der Waals surface area (Å²) in [6, 6.07) is 11.1. The molecule has 1 fully saturated rings. The Bertz CT molecular complexity index is 886. The molecule has 1 aliphatic rings. The van der Waals surface area contributed by atoms with Crippen LogP contribution >= 0.6 is 0 Å². The minimum absolute atomic E-state index is 0.0729. The lowest BCUT2D eigenvalue weighted by atomic mass is 9.90. The van der Waals surface area contributed by atoms with Gasteiger partial charge in [0.25, 0.3) is 5.91 Å². The van der Waals surface area contributed by atoms with Crippen molar-refractivity contribution < 1.29 is 23.7 Å². The molecule has 32 heavy (non-hydrogen) atoms. The van der Waals surface area contributed by atoms with E-state index in [0.717, 1.165) is 12.8 Å². The molecule has 0 saturated heterocycles. The molecular formula is C26H35NO5. The SMILES string of the molecule is COc1cc(Oc2ccc(C(=O)N(C3CCCCC3)C(C)(C)C)cc2)cc(OC)c1OC. The van der Waals surface area contributed by atoms with Crippen LogP contribution in [0.4, 0.5) is 0 Å². The van der Waals surface area contributed by atoms with Crippen molar-refractivity contribution >= 4 is 5.91 Å². The smallest absolute Gasteiger partial charge is 0.254 e. The summed E-state index contributed by atoms with van der Waals surface area (Å²) in [7, 11) is 4.69. The summed E-state index contributed by atoms with van der Waals surface area (Å²) >= 11 is 0. The van der Waals surface area contributed by atoms with E-state index in [4.69, 9.17) is 18.9 Å². The number of amides is 1. The Morgan fingerprint density at radius 2 is 1.41 bits per heavy atom. The van der Waals surface area contributed by atoms with Crippen LogP contribution in [0.3, 0.4) is 0 Å². The fourth-order valence-corrected chi connectivity index (χ4v) is 4.41. The highest BCUT2D eigenvalue weighted by atomic mass is 16.5. The van der Waals surface area contributed by atoms with Crippen molar-refractivity contribution in [1.82, 2.24) is 4.90 Å². The van der Waals surface area contributed by atoms with Gasteiger partial charge in [0.1, 0.15) is 11.5 Å². The highest BCUT2D eigenvalue weighted by molar-refractivity contribution is 5.95. The number of benzene rings is 2. The van der Waals surface area contributed by atoms with E-state index in [1.807, 2.05) is 24.3 Å². The third-order valence-electron chi connectivity index (χ3n) is 5.86. The fourth-order valence-electron chi connectivity index (χ4n) is 4.41. The van der Waals surface area contributed by atoms with Crippen molar-refractivity contribution in [3.63, 3.8) is 0 Å². The number of ether oxygens (including phenoxy) is 4. The maximum absolute atomic E-state index is 13.4. The first-order valence-electron chi connectivity index (χ1n) is 11.2. The maximum atomic E-state index is 13.4. The minimum atomic E-state index is -0.232. The van der Waals surface area contributed by atoms with Crippen LogP contribution in [0.2, 0.25) is 0 Å². The van der Waals surface area contributed by atoms with Crippen molar-refractivity contribution in [3.8, 4) is 28.7 Å². The lowest BCUT2D eigenvalue weighted by Gasteiger charge is -2.43. The van der Waals surface area contributed by atoms with Crippen LogP contribution in [0.5, 0.6) is 28.7 Å². The van der Waals surface area contributed by atoms with Crippen LogP contribution in [-0.2, 0) is 0 Å². The third kappa shape index (κ3) is 5.29. The van der Waals surface area contributed by atoms with Gasteiger partial charge >= 0.3 is 0 Å². The van der Waals surface area contributed by atoms with Crippen molar-refractivity contribution in [2.24, 2.45) is 0 Å². The van der Waals surface area contributed by atoms with E-state index in [1.54, 1.807) is 33.5 Å². The van der Waals surface area contributed by atoms with Gasteiger partial charge in [0.15, 0.2) is 11.5 Å². The summed E-state index contributed by atoms with van der Waals surface area (Å²) in [5, 5.41) is 0. The molecule has 2 aromatic carbocycles. The van der Waals surface area contributed by atoms with Crippen molar-refractivity contribution in [2.75, 3.05) is 21.3 Å². The van der Waals surface area contributed by atoms with Crippen molar-refractivity contribution in [3.05, 3.63) is 42.0 Å². The Hall–Kier alpha value is -2.89. The molecule has 0 heterocycles. The second kappa shape index (κ2) is 10.2. The molecular weight excluding hydrogens is 406 g/mol. The van der Waals surface area contributed by atoms with E-state index in [1.165, 1.54) is 19.3 Å². The molecule has 1 amide bonds. The number of carbonyl (C=O) groups is 1. The van der Waals surface area contributed by atoms with Gasteiger partial charge in [-0.1, -0.05) is 19.3 Å². The zero-order valence-corrected chi connectivity index (χ0v) is 20.1. The normalized spacial score (nSPS) is 14.6. The van der Waals surface area contributed by atoms with E-state index < -0.39 is 0 Å². The van der Waals surface area contributed by atoms with Gasteiger partial charge in [0, 0.05) is 29.3 Å². The Morgan fingerprint density at radius 3 is 1.88 bits per heavy atom. The zero-order valence-electron chi connectivity index (χ0n) is 20.1. The quantitative estimate of drug-likeness (QED) is 0.521. The zero-order chi connectivity index (χ0) is 23.3. The van der Waals surface area contributed by atoms with Gasteiger partial charge in [-0.25, -0.2) is 0 Å². The van der Waals surface area contributed by atoms with E-state index in [9.17, 15) is 4.79 Å². The number of carbonyl (C=O) groups excluding carboxylic acids is 1. The maximum Gasteiger partial charge on any atom is 0.254 e. The van der Waals surface area contributed by atoms with Gasteiger partial charge in [-0.3, -0.25) is 4.79 Å². The Balaban J connectivity index is 1.80. The van der Waals surface area contributed by atoms with Gasteiger partial charge < -0.3 is 23.8 Å². The van der Waals surface area contributed by atoms with E-state index in [2.05, 4.69) is 25.7 Å². The fraction of sp³-hybridized carbons (Fsp3) is 0.500. The molecule has 2 aromatic rings. The van der Waals surface area contributed by atoms with Crippen molar-refractivity contribution in [1.29, 1.82) is 0 Å². The summed E-state index contributed by atoms with van der Waals surface area (Å²) in [4.78, 5) is 15.5. The molecule has 0 spiro atoms. The first-order valence-corrected chi connectivity index (χ1v) is 11.2. The number of methoxy groups -OCH3 is 3. The molecule has 0 bridgehead atoms. The predicted molar refractivity (Wildman–Crippen MR) is 125 cm³/mol. The summed E-state index contributed by atoms with van der Waals surface area (Å²) in [5.74, 6) is 2.79. The summed E-state index contributed by atoms with van der Waals surface area (Å²) in [5.41, 5.74) is 0.438. The molecule has 1 saturated carbocycles. The number of hydrogen-bond acceptors (Lipinski definition) is 5.